The Kier molecular flexibility index (Phi) is 5.65. The number of ether oxygens (including phenoxy) is 1. The first-order chi connectivity index (χ1) is 14.2. The minimum atomic E-state index is -0.219. The van der Waals surface area contributed by atoms with Crippen molar-refractivity contribution in [3.63, 3.8) is 0 Å². The van der Waals surface area contributed by atoms with E-state index < -0.39 is 0 Å². The molecule has 1 saturated heterocycles. The lowest BCUT2D eigenvalue weighted by molar-refractivity contribution is -0.138. The van der Waals surface area contributed by atoms with Gasteiger partial charge in [0.05, 0.1) is 18.7 Å². The molecule has 5 nitrogen and oxygen atoms in total. The molecular formula is C24H26N2O3. The zero-order valence-electron chi connectivity index (χ0n) is 16.8. The fourth-order valence-corrected chi connectivity index (χ4v) is 4.03. The van der Waals surface area contributed by atoms with Gasteiger partial charge in [-0.15, -0.1) is 0 Å². The lowest BCUT2D eigenvalue weighted by atomic mass is 10.0. The van der Waals surface area contributed by atoms with E-state index in [9.17, 15) is 9.59 Å². The molecule has 2 heterocycles. The molecule has 2 aromatic rings. The molecule has 0 N–H and O–H groups in total. The van der Waals surface area contributed by atoms with E-state index in [1.165, 1.54) is 4.90 Å². The summed E-state index contributed by atoms with van der Waals surface area (Å²) < 4.78 is 5.53. The topological polar surface area (TPSA) is 49.9 Å². The number of carbonyl (C=O) groups is 2. The summed E-state index contributed by atoms with van der Waals surface area (Å²) in [5.41, 5.74) is 2.77. The average Bonchev–Trinajstić information content (AvgIpc) is 3.01. The van der Waals surface area contributed by atoms with Gasteiger partial charge in [0.2, 0.25) is 0 Å². The molecule has 29 heavy (non-hydrogen) atoms. The first kappa shape index (κ1) is 19.2. The third kappa shape index (κ3) is 3.90. The number of imide groups is 1. The van der Waals surface area contributed by atoms with E-state index in [0.717, 1.165) is 49.2 Å². The van der Waals surface area contributed by atoms with Crippen LogP contribution in [-0.2, 0) is 16.1 Å². The van der Waals surface area contributed by atoms with E-state index >= 15 is 0 Å². The summed E-state index contributed by atoms with van der Waals surface area (Å²) in [6, 6.07) is 17.1. The Balaban J connectivity index is 1.70. The zero-order valence-corrected chi connectivity index (χ0v) is 16.8. The van der Waals surface area contributed by atoms with E-state index in [2.05, 4.69) is 4.90 Å². The molecule has 2 aliphatic rings. The summed E-state index contributed by atoms with van der Waals surface area (Å²) in [5, 5.41) is 0. The summed E-state index contributed by atoms with van der Waals surface area (Å²) in [4.78, 5) is 30.2. The monoisotopic (exact) mass is 390 g/mol. The maximum absolute atomic E-state index is 13.4. The highest BCUT2D eigenvalue weighted by atomic mass is 16.5. The van der Waals surface area contributed by atoms with E-state index in [1.54, 1.807) is 0 Å². The minimum absolute atomic E-state index is 0.190. The van der Waals surface area contributed by atoms with E-state index in [1.807, 2.05) is 61.5 Å². The van der Waals surface area contributed by atoms with Gasteiger partial charge in [-0.25, -0.2) is 0 Å². The summed E-state index contributed by atoms with van der Waals surface area (Å²) in [7, 11) is 0. The van der Waals surface area contributed by atoms with Crippen molar-refractivity contribution in [2.24, 2.45) is 0 Å². The molecule has 0 aliphatic carbocycles. The van der Waals surface area contributed by atoms with Gasteiger partial charge in [-0.1, -0.05) is 42.5 Å². The van der Waals surface area contributed by atoms with Crippen LogP contribution < -0.4 is 4.74 Å². The average molecular weight is 390 g/mol. The van der Waals surface area contributed by atoms with Crippen LogP contribution in [0.4, 0.5) is 0 Å². The molecule has 150 valence electrons. The third-order valence-electron chi connectivity index (χ3n) is 5.45. The molecule has 5 heteroatoms. The van der Waals surface area contributed by atoms with Crippen molar-refractivity contribution in [2.75, 3.05) is 19.7 Å². The predicted octanol–water partition coefficient (Wildman–Crippen LogP) is 3.85. The van der Waals surface area contributed by atoms with Gasteiger partial charge in [-0.2, -0.15) is 0 Å². The number of piperidine rings is 1. The van der Waals surface area contributed by atoms with Crippen LogP contribution in [0.15, 0.2) is 60.3 Å². The summed E-state index contributed by atoms with van der Waals surface area (Å²) in [6.07, 6.45) is 3.25. The standard InChI is InChI=1S/C24H26N2O3/c1-2-29-20-13-11-19(12-14-20)21-22(25-15-7-4-8-16-25)24(28)26(23(21)27)17-18-9-5-3-6-10-18/h3,5-6,9-14H,2,4,7-8,15-17H2,1H3. The quantitative estimate of drug-likeness (QED) is 0.703. The first-order valence-electron chi connectivity index (χ1n) is 10.3. The maximum atomic E-state index is 13.4. The SMILES string of the molecule is CCOc1ccc(C2=C(N3CCCCC3)C(=O)N(Cc3ccccc3)C2=O)cc1. The van der Waals surface area contributed by atoms with Gasteiger partial charge in [0, 0.05) is 13.1 Å². The Bertz CT molecular complexity index is 913. The minimum Gasteiger partial charge on any atom is -0.494 e. The van der Waals surface area contributed by atoms with E-state index in [4.69, 9.17) is 4.74 Å². The predicted molar refractivity (Wildman–Crippen MR) is 112 cm³/mol. The highest BCUT2D eigenvalue weighted by Crippen LogP contribution is 2.34. The maximum Gasteiger partial charge on any atom is 0.278 e. The molecular weight excluding hydrogens is 364 g/mol. The Labute approximate surface area is 171 Å². The van der Waals surface area contributed by atoms with Crippen LogP contribution in [-0.4, -0.2) is 41.3 Å². The van der Waals surface area contributed by atoms with Crippen molar-refractivity contribution in [3.05, 3.63) is 71.4 Å². The normalized spacial score (nSPS) is 17.3. The Hall–Kier alpha value is -3.08. The molecule has 0 radical (unpaired) electrons. The number of amides is 2. The molecule has 0 aromatic heterocycles. The van der Waals surface area contributed by atoms with Crippen molar-refractivity contribution < 1.29 is 14.3 Å². The molecule has 0 unspecified atom stereocenters. The summed E-state index contributed by atoms with van der Waals surface area (Å²) >= 11 is 0. The number of benzene rings is 2. The van der Waals surface area contributed by atoms with Crippen molar-refractivity contribution in [2.45, 2.75) is 32.7 Å². The van der Waals surface area contributed by atoms with Gasteiger partial charge >= 0.3 is 0 Å². The van der Waals surface area contributed by atoms with Crippen LogP contribution >= 0.6 is 0 Å². The van der Waals surface area contributed by atoms with Crippen molar-refractivity contribution >= 4 is 17.4 Å². The summed E-state index contributed by atoms with van der Waals surface area (Å²) in [6.45, 7) is 4.44. The van der Waals surface area contributed by atoms with E-state index in [-0.39, 0.29) is 18.4 Å². The summed E-state index contributed by atoms with van der Waals surface area (Å²) in [5.74, 6) is 0.350. The van der Waals surface area contributed by atoms with Gasteiger partial charge in [0.1, 0.15) is 11.4 Å². The molecule has 2 amide bonds. The molecule has 0 atom stereocenters. The van der Waals surface area contributed by atoms with Gasteiger partial charge < -0.3 is 9.64 Å². The largest absolute Gasteiger partial charge is 0.494 e. The Morgan fingerprint density at radius 2 is 1.55 bits per heavy atom. The van der Waals surface area contributed by atoms with Crippen LogP contribution in [0.1, 0.15) is 37.3 Å². The van der Waals surface area contributed by atoms with Crippen LogP contribution in [0.3, 0.4) is 0 Å². The van der Waals surface area contributed by atoms with Crippen molar-refractivity contribution in [3.8, 4) is 5.75 Å². The first-order valence-corrected chi connectivity index (χ1v) is 10.3. The lowest BCUT2D eigenvalue weighted by Gasteiger charge is -2.29. The van der Waals surface area contributed by atoms with E-state index in [0.29, 0.717) is 17.9 Å². The number of carbonyl (C=O) groups excluding carboxylic acids is 2. The Morgan fingerprint density at radius 3 is 2.21 bits per heavy atom. The number of hydrogen-bond acceptors (Lipinski definition) is 4. The van der Waals surface area contributed by atoms with Gasteiger partial charge in [-0.3, -0.25) is 14.5 Å². The third-order valence-corrected chi connectivity index (χ3v) is 5.45. The highest BCUT2D eigenvalue weighted by molar-refractivity contribution is 6.35. The van der Waals surface area contributed by atoms with Crippen LogP contribution in [0, 0.1) is 0 Å². The van der Waals surface area contributed by atoms with Gasteiger partial charge in [0.25, 0.3) is 11.8 Å². The second-order valence-electron chi connectivity index (χ2n) is 7.41. The van der Waals surface area contributed by atoms with Crippen LogP contribution in [0.2, 0.25) is 0 Å². The van der Waals surface area contributed by atoms with Crippen molar-refractivity contribution in [1.29, 1.82) is 0 Å². The fourth-order valence-electron chi connectivity index (χ4n) is 4.03. The fraction of sp³-hybridized carbons (Fsp3) is 0.333. The zero-order chi connectivity index (χ0) is 20.2. The molecule has 1 fully saturated rings. The molecule has 0 spiro atoms. The molecule has 4 rings (SSSR count). The number of rotatable bonds is 6. The van der Waals surface area contributed by atoms with Gasteiger partial charge in [-0.05, 0) is 49.4 Å². The molecule has 2 aliphatic heterocycles. The second kappa shape index (κ2) is 8.52. The van der Waals surface area contributed by atoms with Crippen LogP contribution in [0.5, 0.6) is 5.75 Å². The van der Waals surface area contributed by atoms with Gasteiger partial charge in [0.15, 0.2) is 0 Å². The lowest BCUT2D eigenvalue weighted by Crippen LogP contribution is -2.36. The van der Waals surface area contributed by atoms with Crippen molar-refractivity contribution in [1.82, 2.24) is 9.80 Å². The smallest absolute Gasteiger partial charge is 0.278 e. The highest BCUT2D eigenvalue weighted by Gasteiger charge is 2.41. The number of likely N-dealkylation sites (tertiary alicyclic amines) is 1. The molecule has 2 aromatic carbocycles. The molecule has 0 saturated carbocycles. The Morgan fingerprint density at radius 1 is 0.862 bits per heavy atom. The number of nitrogens with zero attached hydrogens (tertiary/aromatic N) is 2. The molecule has 0 bridgehead atoms. The second-order valence-corrected chi connectivity index (χ2v) is 7.41. The van der Waals surface area contributed by atoms with Crippen LogP contribution in [0.25, 0.3) is 5.57 Å². The number of hydrogen-bond donors (Lipinski definition) is 0.